The predicted octanol–water partition coefficient (Wildman–Crippen LogP) is 2.48. The second-order valence-corrected chi connectivity index (χ2v) is 6.96. The molecule has 0 radical (unpaired) electrons. The van der Waals surface area contributed by atoms with Gasteiger partial charge in [0.2, 0.25) is 10.0 Å². The molecular formula is C17H17N3O2S. The smallest absolute Gasteiger partial charge is 0.241 e. The van der Waals surface area contributed by atoms with Crippen molar-refractivity contribution in [1.29, 1.82) is 0 Å². The zero-order valence-electron chi connectivity index (χ0n) is 12.4. The van der Waals surface area contributed by atoms with Gasteiger partial charge in [0.05, 0.1) is 4.90 Å². The van der Waals surface area contributed by atoms with Crippen molar-refractivity contribution >= 4 is 32.2 Å². The average molecular weight is 327 g/mol. The Morgan fingerprint density at radius 1 is 0.783 bits per heavy atom. The maximum atomic E-state index is 12.6. The highest BCUT2D eigenvalue weighted by Crippen LogP contribution is 2.27. The first-order valence-electron chi connectivity index (χ1n) is 7.09. The van der Waals surface area contributed by atoms with Crippen LogP contribution < -0.4 is 16.2 Å². The summed E-state index contributed by atoms with van der Waals surface area (Å²) in [5, 5.41) is 1.32. The Hall–Kier alpha value is -2.57. The summed E-state index contributed by atoms with van der Waals surface area (Å²) in [4.78, 5) is 0.205. The van der Waals surface area contributed by atoms with Gasteiger partial charge in [-0.15, -0.1) is 0 Å². The number of hydrogen-bond donors (Lipinski definition) is 3. The van der Waals surface area contributed by atoms with Gasteiger partial charge in [0.15, 0.2) is 0 Å². The van der Waals surface area contributed by atoms with Crippen molar-refractivity contribution in [2.24, 2.45) is 0 Å². The molecule has 118 valence electrons. The third-order valence-electron chi connectivity index (χ3n) is 3.71. The highest BCUT2D eigenvalue weighted by Gasteiger charge is 2.17. The molecule has 0 aliphatic heterocycles. The van der Waals surface area contributed by atoms with E-state index in [1.807, 2.05) is 6.07 Å². The minimum atomic E-state index is -3.68. The van der Waals surface area contributed by atoms with Crippen LogP contribution in [0.3, 0.4) is 0 Å². The summed E-state index contributed by atoms with van der Waals surface area (Å²) in [6, 6.07) is 17.4. The van der Waals surface area contributed by atoms with E-state index in [2.05, 4.69) is 4.72 Å². The summed E-state index contributed by atoms with van der Waals surface area (Å²) >= 11 is 0. The molecule has 23 heavy (non-hydrogen) atoms. The van der Waals surface area contributed by atoms with Gasteiger partial charge in [-0.25, -0.2) is 13.1 Å². The number of nitrogen functional groups attached to an aromatic ring is 2. The Kier molecular flexibility index (Phi) is 3.94. The largest absolute Gasteiger partial charge is 0.398 e. The summed E-state index contributed by atoms with van der Waals surface area (Å²) in [6.07, 6.45) is 0. The number of para-hydroxylation sites is 1. The molecule has 0 heterocycles. The van der Waals surface area contributed by atoms with Crippen LogP contribution in [-0.4, -0.2) is 8.42 Å². The van der Waals surface area contributed by atoms with E-state index in [9.17, 15) is 8.42 Å². The van der Waals surface area contributed by atoms with Crippen LogP contribution in [0, 0.1) is 0 Å². The van der Waals surface area contributed by atoms with Crippen molar-refractivity contribution in [3.63, 3.8) is 0 Å². The van der Waals surface area contributed by atoms with E-state index in [-0.39, 0.29) is 11.4 Å². The quantitative estimate of drug-likeness (QED) is 0.641. The first kappa shape index (κ1) is 15.3. The second kappa shape index (κ2) is 5.91. The molecule has 0 amide bonds. The zero-order chi connectivity index (χ0) is 16.4. The highest BCUT2D eigenvalue weighted by atomic mass is 32.2. The van der Waals surface area contributed by atoms with E-state index >= 15 is 0 Å². The summed E-state index contributed by atoms with van der Waals surface area (Å²) in [5.41, 5.74) is 13.6. The molecule has 0 fully saturated rings. The monoisotopic (exact) mass is 327 g/mol. The first-order chi connectivity index (χ1) is 11.0. The Balaban J connectivity index is 1.98. The van der Waals surface area contributed by atoms with Gasteiger partial charge in [0.25, 0.3) is 0 Å². The van der Waals surface area contributed by atoms with Crippen molar-refractivity contribution in [2.75, 3.05) is 11.5 Å². The fourth-order valence-corrected chi connectivity index (χ4v) is 3.71. The van der Waals surface area contributed by atoms with Crippen LogP contribution in [-0.2, 0) is 16.6 Å². The second-order valence-electron chi connectivity index (χ2n) is 5.22. The van der Waals surface area contributed by atoms with E-state index in [4.69, 9.17) is 11.5 Å². The van der Waals surface area contributed by atoms with Gasteiger partial charge in [-0.05, 0) is 23.8 Å². The van der Waals surface area contributed by atoms with Gasteiger partial charge in [-0.2, -0.15) is 0 Å². The van der Waals surface area contributed by atoms with Crippen LogP contribution in [0.2, 0.25) is 0 Å². The molecule has 0 aromatic heterocycles. The Morgan fingerprint density at radius 3 is 2.22 bits per heavy atom. The molecular weight excluding hydrogens is 310 g/mol. The van der Waals surface area contributed by atoms with Crippen molar-refractivity contribution in [1.82, 2.24) is 4.72 Å². The van der Waals surface area contributed by atoms with Crippen LogP contribution in [0.1, 0.15) is 5.56 Å². The van der Waals surface area contributed by atoms with Gasteiger partial charge in [-0.1, -0.05) is 42.5 Å². The molecule has 3 rings (SSSR count). The van der Waals surface area contributed by atoms with E-state index in [0.29, 0.717) is 16.8 Å². The van der Waals surface area contributed by atoms with Gasteiger partial charge in [-0.3, -0.25) is 0 Å². The number of hydrogen-bond acceptors (Lipinski definition) is 4. The van der Waals surface area contributed by atoms with Gasteiger partial charge >= 0.3 is 0 Å². The molecule has 3 aromatic rings. The summed E-state index contributed by atoms with van der Waals surface area (Å²) in [7, 11) is -3.68. The van der Waals surface area contributed by atoms with Crippen LogP contribution in [0.5, 0.6) is 0 Å². The molecule has 5 N–H and O–H groups in total. The van der Waals surface area contributed by atoms with Crippen LogP contribution in [0.15, 0.2) is 65.6 Å². The predicted molar refractivity (Wildman–Crippen MR) is 93.2 cm³/mol. The van der Waals surface area contributed by atoms with Gasteiger partial charge < -0.3 is 11.5 Å². The van der Waals surface area contributed by atoms with Gasteiger partial charge in [0, 0.05) is 28.7 Å². The van der Waals surface area contributed by atoms with Gasteiger partial charge in [0.1, 0.15) is 0 Å². The molecule has 6 heteroatoms. The SMILES string of the molecule is Nc1ccccc1CNS(=O)(=O)c1cccc2c(N)cccc12. The standard InChI is InChI=1S/C17H17N3O2S/c18-15-8-2-1-5-12(15)11-20-23(21,22)17-10-4-6-13-14(17)7-3-9-16(13)19/h1-10,20H,11,18-19H2. The number of rotatable bonds is 4. The number of nitrogens with one attached hydrogen (secondary N) is 1. The maximum absolute atomic E-state index is 12.6. The number of sulfonamides is 1. The molecule has 0 atom stereocenters. The van der Waals surface area contributed by atoms with Crippen molar-refractivity contribution < 1.29 is 8.42 Å². The minimum absolute atomic E-state index is 0.133. The third-order valence-corrected chi connectivity index (χ3v) is 5.17. The van der Waals surface area contributed by atoms with E-state index in [0.717, 1.165) is 10.9 Å². The van der Waals surface area contributed by atoms with E-state index < -0.39 is 10.0 Å². The van der Waals surface area contributed by atoms with Crippen molar-refractivity contribution in [3.8, 4) is 0 Å². The lowest BCUT2D eigenvalue weighted by Gasteiger charge is -2.11. The minimum Gasteiger partial charge on any atom is -0.398 e. The summed E-state index contributed by atoms with van der Waals surface area (Å²) < 4.78 is 27.9. The molecule has 5 nitrogen and oxygen atoms in total. The van der Waals surface area contributed by atoms with Crippen molar-refractivity contribution in [3.05, 3.63) is 66.2 Å². The number of benzene rings is 3. The lowest BCUT2D eigenvalue weighted by molar-refractivity contribution is 0.582. The van der Waals surface area contributed by atoms with Crippen LogP contribution in [0.25, 0.3) is 10.8 Å². The van der Waals surface area contributed by atoms with E-state index in [1.54, 1.807) is 54.6 Å². The molecule has 3 aromatic carbocycles. The fourth-order valence-electron chi connectivity index (χ4n) is 2.49. The Labute approximate surface area is 135 Å². The first-order valence-corrected chi connectivity index (χ1v) is 8.57. The molecule has 0 saturated heterocycles. The maximum Gasteiger partial charge on any atom is 0.241 e. The molecule has 0 spiro atoms. The molecule has 0 aliphatic carbocycles. The Morgan fingerprint density at radius 2 is 1.43 bits per heavy atom. The Bertz CT molecular complexity index is 968. The van der Waals surface area contributed by atoms with Crippen LogP contribution in [0.4, 0.5) is 11.4 Å². The topological polar surface area (TPSA) is 98.2 Å². The number of anilines is 2. The highest BCUT2D eigenvalue weighted by molar-refractivity contribution is 7.89. The lowest BCUT2D eigenvalue weighted by Crippen LogP contribution is -2.24. The molecule has 0 saturated carbocycles. The van der Waals surface area contributed by atoms with E-state index in [1.165, 1.54) is 0 Å². The third kappa shape index (κ3) is 2.99. The number of fused-ring (bicyclic) bond motifs is 1. The van der Waals surface area contributed by atoms with Crippen LogP contribution >= 0.6 is 0 Å². The molecule has 0 aliphatic rings. The fraction of sp³-hybridized carbons (Fsp3) is 0.0588. The molecule has 0 unspecified atom stereocenters. The number of nitrogens with two attached hydrogens (primary N) is 2. The van der Waals surface area contributed by atoms with Crippen molar-refractivity contribution in [2.45, 2.75) is 11.4 Å². The summed E-state index contributed by atoms with van der Waals surface area (Å²) in [6.45, 7) is 0.133. The summed E-state index contributed by atoms with van der Waals surface area (Å²) in [5.74, 6) is 0. The average Bonchev–Trinajstić information content (AvgIpc) is 2.54. The lowest BCUT2D eigenvalue weighted by atomic mass is 10.1. The zero-order valence-corrected chi connectivity index (χ0v) is 13.2. The normalized spacial score (nSPS) is 11.7. The molecule has 0 bridgehead atoms.